The zero-order valence-electron chi connectivity index (χ0n) is 17.3. The Hall–Kier alpha value is -3.87. The van der Waals surface area contributed by atoms with Crippen molar-refractivity contribution in [3.63, 3.8) is 0 Å². The van der Waals surface area contributed by atoms with Gasteiger partial charge in [0.2, 0.25) is 0 Å². The molecule has 0 aliphatic rings. The summed E-state index contributed by atoms with van der Waals surface area (Å²) in [5.74, 6) is 1.08. The summed E-state index contributed by atoms with van der Waals surface area (Å²) >= 11 is 7.53. The van der Waals surface area contributed by atoms with Crippen molar-refractivity contribution in [3.05, 3.63) is 113 Å². The zero-order chi connectivity index (χ0) is 22.6. The van der Waals surface area contributed by atoms with E-state index in [0.717, 1.165) is 16.3 Å². The Bertz CT molecular complexity index is 1400. The number of rotatable bonds is 6. The summed E-state index contributed by atoms with van der Waals surface area (Å²) in [6.45, 7) is 0. The minimum Gasteiger partial charge on any atom is -0.457 e. The third-order valence-electron chi connectivity index (χ3n) is 4.86. The predicted octanol–water partition coefficient (Wildman–Crippen LogP) is 7.30. The monoisotopic (exact) mass is 471 g/mol. The van der Waals surface area contributed by atoms with Crippen LogP contribution in [0.2, 0.25) is 4.34 Å². The molecule has 5 nitrogen and oxygen atoms in total. The fourth-order valence-electron chi connectivity index (χ4n) is 3.34. The van der Waals surface area contributed by atoms with Crippen molar-refractivity contribution in [2.24, 2.45) is 0 Å². The molecule has 0 bridgehead atoms. The van der Waals surface area contributed by atoms with Crippen LogP contribution < -0.4 is 10.1 Å². The average Bonchev–Trinajstić information content (AvgIpc) is 3.47. The van der Waals surface area contributed by atoms with Gasteiger partial charge in [0, 0.05) is 18.0 Å². The minimum absolute atomic E-state index is 0.270. The van der Waals surface area contributed by atoms with Gasteiger partial charge in [0.1, 0.15) is 17.2 Å². The molecule has 162 valence electrons. The molecule has 0 aliphatic carbocycles. The lowest BCUT2D eigenvalue weighted by Crippen LogP contribution is -2.12. The fraction of sp³-hybridized carbons (Fsp3) is 0. The molecule has 5 rings (SSSR count). The van der Waals surface area contributed by atoms with Gasteiger partial charge in [-0.25, -0.2) is 4.68 Å². The van der Waals surface area contributed by atoms with Crippen LogP contribution >= 0.6 is 22.9 Å². The number of hydrogen-bond acceptors (Lipinski definition) is 4. The fourth-order valence-corrected chi connectivity index (χ4v) is 4.38. The quantitative estimate of drug-likeness (QED) is 0.282. The van der Waals surface area contributed by atoms with Crippen molar-refractivity contribution in [1.82, 2.24) is 9.78 Å². The van der Waals surface area contributed by atoms with Crippen LogP contribution in [0.4, 0.5) is 5.69 Å². The number of nitrogens with zero attached hydrogens (tertiary/aromatic N) is 2. The third-order valence-corrected chi connectivity index (χ3v) is 6.09. The molecule has 0 radical (unpaired) electrons. The highest BCUT2D eigenvalue weighted by Gasteiger charge is 2.20. The number of ether oxygens (including phenoxy) is 1. The average molecular weight is 472 g/mol. The first kappa shape index (κ1) is 21.0. The molecule has 0 atom stereocenters. The van der Waals surface area contributed by atoms with Gasteiger partial charge in [-0.3, -0.25) is 4.79 Å². The maximum absolute atomic E-state index is 13.3. The normalized spacial score (nSPS) is 10.7. The van der Waals surface area contributed by atoms with Gasteiger partial charge in [0.05, 0.1) is 20.5 Å². The number of carbonyl (C=O) groups is 1. The molecule has 7 heteroatoms. The number of anilines is 1. The van der Waals surface area contributed by atoms with E-state index < -0.39 is 0 Å². The maximum Gasteiger partial charge on any atom is 0.259 e. The van der Waals surface area contributed by atoms with Gasteiger partial charge in [-0.05, 0) is 48.5 Å². The van der Waals surface area contributed by atoms with Crippen LogP contribution in [0, 0.1) is 0 Å². The zero-order valence-corrected chi connectivity index (χ0v) is 18.9. The second kappa shape index (κ2) is 9.32. The molecule has 33 heavy (non-hydrogen) atoms. The van der Waals surface area contributed by atoms with Gasteiger partial charge in [-0.1, -0.05) is 54.1 Å². The van der Waals surface area contributed by atoms with E-state index >= 15 is 0 Å². The van der Waals surface area contributed by atoms with Gasteiger partial charge in [0.15, 0.2) is 0 Å². The second-order valence-corrected chi connectivity index (χ2v) is 8.89. The van der Waals surface area contributed by atoms with E-state index in [1.54, 1.807) is 23.0 Å². The summed E-state index contributed by atoms with van der Waals surface area (Å²) < 4.78 is 8.22. The molecular formula is C26H18ClN3O2S. The topological polar surface area (TPSA) is 56.1 Å². The Morgan fingerprint density at radius 2 is 1.61 bits per heavy atom. The second-order valence-electron chi connectivity index (χ2n) is 7.17. The van der Waals surface area contributed by atoms with Crippen LogP contribution in [-0.2, 0) is 0 Å². The van der Waals surface area contributed by atoms with Crippen molar-refractivity contribution in [2.45, 2.75) is 0 Å². The van der Waals surface area contributed by atoms with Crippen LogP contribution in [0.3, 0.4) is 0 Å². The summed E-state index contributed by atoms with van der Waals surface area (Å²) in [6, 6.07) is 30.1. The highest BCUT2D eigenvalue weighted by Crippen LogP contribution is 2.33. The van der Waals surface area contributed by atoms with Gasteiger partial charge in [0.25, 0.3) is 5.91 Å². The molecule has 2 heterocycles. The Morgan fingerprint density at radius 1 is 0.879 bits per heavy atom. The van der Waals surface area contributed by atoms with Crippen molar-refractivity contribution in [3.8, 4) is 27.8 Å². The SMILES string of the molecule is O=C(Nc1cccc(Oc2ccccc2)c1)c1cn(-c2ccccc2)nc1-c1ccc(Cl)s1. The molecule has 1 N–H and O–H groups in total. The molecule has 0 spiro atoms. The first-order chi connectivity index (χ1) is 16.2. The minimum atomic E-state index is -0.270. The van der Waals surface area contributed by atoms with E-state index in [9.17, 15) is 4.79 Å². The molecule has 2 aromatic heterocycles. The van der Waals surface area contributed by atoms with E-state index in [1.807, 2.05) is 84.9 Å². The number of para-hydroxylation sites is 2. The van der Waals surface area contributed by atoms with Crippen molar-refractivity contribution >= 4 is 34.5 Å². The molecule has 0 saturated carbocycles. The lowest BCUT2D eigenvalue weighted by atomic mass is 10.2. The highest BCUT2D eigenvalue weighted by atomic mass is 35.5. The Balaban J connectivity index is 1.44. The van der Waals surface area contributed by atoms with E-state index in [4.69, 9.17) is 16.3 Å². The first-order valence-corrected chi connectivity index (χ1v) is 11.4. The molecule has 0 unspecified atom stereocenters. The lowest BCUT2D eigenvalue weighted by molar-refractivity contribution is 0.102. The number of carbonyl (C=O) groups excluding carboxylic acids is 1. The van der Waals surface area contributed by atoms with Gasteiger partial charge < -0.3 is 10.1 Å². The number of halogens is 1. The summed E-state index contributed by atoms with van der Waals surface area (Å²) in [4.78, 5) is 14.1. The Labute approximate surface area is 199 Å². The Morgan fingerprint density at radius 3 is 2.33 bits per heavy atom. The summed E-state index contributed by atoms with van der Waals surface area (Å²) in [5, 5.41) is 7.65. The van der Waals surface area contributed by atoms with Crippen LogP contribution in [0.15, 0.2) is 103 Å². The van der Waals surface area contributed by atoms with Crippen molar-refractivity contribution in [1.29, 1.82) is 0 Å². The number of hydrogen-bond donors (Lipinski definition) is 1. The first-order valence-electron chi connectivity index (χ1n) is 10.2. The summed E-state index contributed by atoms with van der Waals surface area (Å²) in [5.41, 5.74) is 2.51. The van der Waals surface area contributed by atoms with Crippen molar-refractivity contribution in [2.75, 3.05) is 5.32 Å². The van der Waals surface area contributed by atoms with Crippen molar-refractivity contribution < 1.29 is 9.53 Å². The Kier molecular flexibility index (Phi) is 5.93. The smallest absolute Gasteiger partial charge is 0.259 e. The molecule has 3 aromatic carbocycles. The van der Waals surface area contributed by atoms with Crippen LogP contribution in [0.1, 0.15) is 10.4 Å². The van der Waals surface area contributed by atoms with Crippen LogP contribution in [0.5, 0.6) is 11.5 Å². The lowest BCUT2D eigenvalue weighted by Gasteiger charge is -2.09. The van der Waals surface area contributed by atoms with E-state index in [-0.39, 0.29) is 5.91 Å². The molecule has 0 saturated heterocycles. The standard InChI is InChI=1S/C26H18ClN3O2S/c27-24-15-14-23(33-24)25-22(17-30(29-25)19-9-3-1-4-10-19)26(31)28-18-8-7-13-21(16-18)32-20-11-5-2-6-12-20/h1-17H,(H,28,31). The van der Waals surface area contributed by atoms with E-state index in [2.05, 4.69) is 10.4 Å². The largest absolute Gasteiger partial charge is 0.457 e. The predicted molar refractivity (Wildman–Crippen MR) is 133 cm³/mol. The van der Waals surface area contributed by atoms with E-state index in [0.29, 0.717) is 27.0 Å². The number of amides is 1. The van der Waals surface area contributed by atoms with E-state index in [1.165, 1.54) is 11.3 Å². The number of nitrogens with one attached hydrogen (secondary N) is 1. The van der Waals surface area contributed by atoms with Gasteiger partial charge >= 0.3 is 0 Å². The van der Waals surface area contributed by atoms with Gasteiger partial charge in [-0.15, -0.1) is 11.3 Å². The molecule has 0 aliphatic heterocycles. The number of thiophene rings is 1. The molecule has 1 amide bonds. The maximum atomic E-state index is 13.3. The van der Waals surface area contributed by atoms with Gasteiger partial charge in [-0.2, -0.15) is 5.10 Å². The van der Waals surface area contributed by atoms with Crippen LogP contribution in [0.25, 0.3) is 16.3 Å². The number of aromatic nitrogens is 2. The molecular weight excluding hydrogens is 454 g/mol. The molecule has 0 fully saturated rings. The highest BCUT2D eigenvalue weighted by molar-refractivity contribution is 7.19. The summed E-state index contributed by atoms with van der Waals surface area (Å²) in [6.07, 6.45) is 1.73. The third kappa shape index (κ3) is 4.82. The number of benzene rings is 3. The van der Waals surface area contributed by atoms with Crippen LogP contribution in [-0.4, -0.2) is 15.7 Å². The summed E-state index contributed by atoms with van der Waals surface area (Å²) in [7, 11) is 0. The molecule has 5 aromatic rings.